The monoisotopic (exact) mass is 315 g/mol. The van der Waals surface area contributed by atoms with Crippen molar-refractivity contribution in [2.24, 2.45) is 5.92 Å². The first kappa shape index (κ1) is 17.6. The highest BCUT2D eigenvalue weighted by Gasteiger charge is 2.11. The van der Waals surface area contributed by atoms with Gasteiger partial charge in [-0.2, -0.15) is 0 Å². The lowest BCUT2D eigenvalue weighted by atomic mass is 10.0. The van der Waals surface area contributed by atoms with Gasteiger partial charge < -0.3 is 10.1 Å². The van der Waals surface area contributed by atoms with E-state index in [1.807, 2.05) is 30.3 Å². The molecule has 0 spiro atoms. The van der Waals surface area contributed by atoms with Crippen molar-refractivity contribution in [2.45, 2.75) is 39.5 Å². The quantitative estimate of drug-likeness (QED) is 0.733. The third-order valence-electron chi connectivity index (χ3n) is 3.69. The van der Waals surface area contributed by atoms with Gasteiger partial charge in [0.25, 0.3) is 0 Å². The summed E-state index contributed by atoms with van der Waals surface area (Å²) in [6.45, 7) is 6.46. The van der Waals surface area contributed by atoms with Crippen molar-refractivity contribution >= 4 is 0 Å². The van der Waals surface area contributed by atoms with Crippen LogP contribution in [0.1, 0.15) is 31.4 Å². The second-order valence-corrected chi connectivity index (χ2v) is 6.33. The third-order valence-corrected chi connectivity index (χ3v) is 3.69. The number of hydrogen-bond donors (Lipinski definition) is 1. The minimum Gasteiger partial charge on any atom is -0.375 e. The molecule has 0 bridgehead atoms. The van der Waals surface area contributed by atoms with E-state index in [1.165, 1.54) is 17.7 Å². The number of nitrogens with one attached hydrogen (secondary N) is 1. The van der Waals surface area contributed by atoms with Gasteiger partial charge in [-0.1, -0.05) is 56.3 Å². The number of rotatable bonds is 9. The van der Waals surface area contributed by atoms with Gasteiger partial charge >= 0.3 is 0 Å². The number of benzene rings is 2. The molecule has 0 heterocycles. The Kier molecular flexibility index (Phi) is 7.24. The summed E-state index contributed by atoms with van der Waals surface area (Å²) in [5.41, 5.74) is 2.28. The molecule has 0 amide bonds. The van der Waals surface area contributed by atoms with Crippen molar-refractivity contribution in [1.82, 2.24) is 5.32 Å². The topological polar surface area (TPSA) is 21.3 Å². The van der Waals surface area contributed by atoms with Crippen LogP contribution < -0.4 is 5.32 Å². The van der Waals surface area contributed by atoms with E-state index in [0.717, 1.165) is 18.5 Å². The average Bonchev–Trinajstić information content (AvgIpc) is 2.54. The van der Waals surface area contributed by atoms with Gasteiger partial charge in [-0.15, -0.1) is 0 Å². The lowest BCUT2D eigenvalue weighted by Crippen LogP contribution is -2.34. The van der Waals surface area contributed by atoms with Crippen molar-refractivity contribution in [2.75, 3.05) is 6.61 Å². The molecule has 2 nitrogen and oxygen atoms in total. The van der Waals surface area contributed by atoms with E-state index in [2.05, 4.69) is 31.3 Å². The van der Waals surface area contributed by atoms with Crippen molar-refractivity contribution in [3.63, 3.8) is 0 Å². The predicted molar refractivity (Wildman–Crippen MR) is 92.6 cm³/mol. The summed E-state index contributed by atoms with van der Waals surface area (Å²) in [4.78, 5) is 0. The van der Waals surface area contributed by atoms with E-state index >= 15 is 0 Å². The molecule has 23 heavy (non-hydrogen) atoms. The smallest absolute Gasteiger partial charge is 0.123 e. The SMILES string of the molecule is CC(C)C[C@@H](COCc1ccccc1)NCc1ccc(F)cc1. The summed E-state index contributed by atoms with van der Waals surface area (Å²) < 4.78 is 18.8. The van der Waals surface area contributed by atoms with Crippen LogP contribution in [0.15, 0.2) is 54.6 Å². The Morgan fingerprint density at radius 2 is 1.65 bits per heavy atom. The molecule has 3 heteroatoms. The van der Waals surface area contributed by atoms with Gasteiger partial charge in [-0.25, -0.2) is 4.39 Å². The van der Waals surface area contributed by atoms with Gasteiger partial charge in [0, 0.05) is 12.6 Å². The molecule has 0 saturated carbocycles. The normalized spacial score (nSPS) is 12.5. The molecule has 1 atom stereocenters. The molecule has 0 aliphatic heterocycles. The molecule has 0 aromatic heterocycles. The highest BCUT2D eigenvalue weighted by atomic mass is 19.1. The van der Waals surface area contributed by atoms with Crippen LogP contribution in [-0.2, 0) is 17.9 Å². The first-order valence-corrected chi connectivity index (χ1v) is 8.23. The van der Waals surface area contributed by atoms with Gasteiger partial charge in [-0.3, -0.25) is 0 Å². The summed E-state index contributed by atoms with van der Waals surface area (Å²) in [6.07, 6.45) is 1.05. The van der Waals surface area contributed by atoms with Gasteiger partial charge in [0.1, 0.15) is 5.82 Å². The molecule has 124 valence electrons. The summed E-state index contributed by atoms with van der Waals surface area (Å²) in [5.74, 6) is 0.403. The zero-order valence-corrected chi connectivity index (χ0v) is 14.0. The maximum absolute atomic E-state index is 12.9. The van der Waals surface area contributed by atoms with Crippen molar-refractivity contribution in [3.05, 3.63) is 71.5 Å². The molecule has 2 aromatic rings. The Bertz CT molecular complexity index is 554. The summed E-state index contributed by atoms with van der Waals surface area (Å²) in [6, 6.07) is 17.1. The van der Waals surface area contributed by atoms with Crippen molar-refractivity contribution in [1.29, 1.82) is 0 Å². The van der Waals surface area contributed by atoms with E-state index in [9.17, 15) is 4.39 Å². The van der Waals surface area contributed by atoms with E-state index in [1.54, 1.807) is 0 Å². The number of halogens is 1. The lowest BCUT2D eigenvalue weighted by molar-refractivity contribution is 0.0922. The van der Waals surface area contributed by atoms with Gasteiger partial charge in [0.05, 0.1) is 13.2 Å². The molecule has 2 aromatic carbocycles. The Labute approximate surface area is 138 Å². The molecule has 0 unspecified atom stereocenters. The van der Waals surface area contributed by atoms with Crippen LogP contribution in [0.5, 0.6) is 0 Å². The average molecular weight is 315 g/mol. The van der Waals surface area contributed by atoms with Crippen molar-refractivity contribution < 1.29 is 9.13 Å². The first-order chi connectivity index (χ1) is 11.1. The van der Waals surface area contributed by atoms with Crippen LogP contribution in [-0.4, -0.2) is 12.6 Å². The fourth-order valence-electron chi connectivity index (χ4n) is 2.54. The van der Waals surface area contributed by atoms with Gasteiger partial charge in [-0.05, 0) is 35.6 Å². The number of ether oxygens (including phenoxy) is 1. The first-order valence-electron chi connectivity index (χ1n) is 8.23. The minimum absolute atomic E-state index is 0.196. The molecule has 0 aliphatic rings. The molecular formula is C20H26FNO. The van der Waals surface area contributed by atoms with E-state index in [0.29, 0.717) is 25.2 Å². The van der Waals surface area contributed by atoms with E-state index in [-0.39, 0.29) is 5.82 Å². The van der Waals surface area contributed by atoms with Crippen LogP contribution in [0.3, 0.4) is 0 Å². The van der Waals surface area contributed by atoms with Crippen LogP contribution in [0.2, 0.25) is 0 Å². The van der Waals surface area contributed by atoms with Gasteiger partial charge in [0.2, 0.25) is 0 Å². The zero-order chi connectivity index (χ0) is 16.5. The molecule has 2 rings (SSSR count). The van der Waals surface area contributed by atoms with E-state index in [4.69, 9.17) is 4.74 Å². The molecule has 1 N–H and O–H groups in total. The van der Waals surface area contributed by atoms with Crippen LogP contribution in [0.25, 0.3) is 0 Å². The fourth-order valence-corrected chi connectivity index (χ4v) is 2.54. The second-order valence-electron chi connectivity index (χ2n) is 6.33. The fraction of sp³-hybridized carbons (Fsp3) is 0.400. The molecule has 0 aliphatic carbocycles. The van der Waals surface area contributed by atoms with Crippen molar-refractivity contribution in [3.8, 4) is 0 Å². The van der Waals surface area contributed by atoms with Gasteiger partial charge in [0.15, 0.2) is 0 Å². The Hall–Kier alpha value is -1.71. The lowest BCUT2D eigenvalue weighted by Gasteiger charge is -2.21. The second kappa shape index (κ2) is 9.43. The maximum atomic E-state index is 12.9. The summed E-state index contributed by atoms with van der Waals surface area (Å²) in [5, 5.41) is 3.53. The van der Waals surface area contributed by atoms with Crippen LogP contribution >= 0.6 is 0 Å². The molecule has 0 saturated heterocycles. The highest BCUT2D eigenvalue weighted by molar-refractivity contribution is 5.16. The van der Waals surface area contributed by atoms with Crippen LogP contribution in [0.4, 0.5) is 4.39 Å². The minimum atomic E-state index is -0.196. The predicted octanol–water partition coefficient (Wildman–Crippen LogP) is 4.55. The number of hydrogen-bond acceptors (Lipinski definition) is 2. The summed E-state index contributed by atoms with van der Waals surface area (Å²) in [7, 11) is 0. The molecule has 0 fully saturated rings. The van der Waals surface area contributed by atoms with E-state index < -0.39 is 0 Å². The largest absolute Gasteiger partial charge is 0.375 e. The Morgan fingerprint density at radius 3 is 2.30 bits per heavy atom. The third kappa shape index (κ3) is 6.93. The highest BCUT2D eigenvalue weighted by Crippen LogP contribution is 2.09. The maximum Gasteiger partial charge on any atom is 0.123 e. The standard InChI is InChI=1S/C20H26FNO/c1-16(2)12-20(15-23-14-18-6-4-3-5-7-18)22-13-17-8-10-19(21)11-9-17/h3-11,16,20,22H,12-15H2,1-2H3/t20-/m0/s1. The summed E-state index contributed by atoms with van der Waals surface area (Å²) >= 11 is 0. The Morgan fingerprint density at radius 1 is 0.957 bits per heavy atom. The Balaban J connectivity index is 1.80. The molecule has 0 radical (unpaired) electrons. The molecular weight excluding hydrogens is 289 g/mol. The van der Waals surface area contributed by atoms with Crippen LogP contribution in [0, 0.1) is 11.7 Å². The zero-order valence-electron chi connectivity index (χ0n) is 14.0.